The minimum atomic E-state index is -1.09. The number of nitrogens with one attached hydrogen (secondary N) is 1. The lowest BCUT2D eigenvalue weighted by Crippen LogP contribution is -2.34. The highest BCUT2D eigenvalue weighted by Crippen LogP contribution is 2.37. The maximum atomic E-state index is 14.5. The zero-order chi connectivity index (χ0) is 20.1. The summed E-state index contributed by atoms with van der Waals surface area (Å²) in [6.07, 6.45) is 1.18. The highest BCUT2D eigenvalue weighted by Gasteiger charge is 2.45. The van der Waals surface area contributed by atoms with Crippen molar-refractivity contribution in [3.8, 4) is 5.75 Å². The van der Waals surface area contributed by atoms with E-state index in [0.717, 1.165) is 18.5 Å². The third-order valence-electron chi connectivity index (χ3n) is 6.09. The normalized spacial score (nSPS) is 26.6. The number of ether oxygens (including phenoxy) is 1. The van der Waals surface area contributed by atoms with Crippen LogP contribution in [0.3, 0.4) is 0 Å². The molecular weight excluding hydrogens is 375 g/mol. The van der Waals surface area contributed by atoms with E-state index in [0.29, 0.717) is 35.4 Å². The van der Waals surface area contributed by atoms with Gasteiger partial charge >= 0.3 is 0 Å². The summed E-state index contributed by atoms with van der Waals surface area (Å²) < 4.78 is 22.3. The Morgan fingerprint density at radius 2 is 2.10 bits per heavy atom. The molecule has 2 aromatic heterocycles. The van der Waals surface area contributed by atoms with Crippen LogP contribution in [0.5, 0.6) is 5.75 Å². The van der Waals surface area contributed by atoms with E-state index in [9.17, 15) is 14.6 Å². The monoisotopic (exact) mass is 398 g/mol. The Hall–Kier alpha value is -2.55. The molecular formula is C21H23FN4O3. The molecule has 1 aromatic carbocycles. The predicted octanol–water partition coefficient (Wildman–Crippen LogP) is 1.64. The van der Waals surface area contributed by atoms with Crippen molar-refractivity contribution in [2.24, 2.45) is 0 Å². The maximum Gasteiger partial charge on any atom is 0.152 e. The van der Waals surface area contributed by atoms with Crippen molar-refractivity contribution in [1.82, 2.24) is 19.9 Å². The fourth-order valence-electron chi connectivity index (χ4n) is 4.55. The van der Waals surface area contributed by atoms with Gasteiger partial charge in [0.05, 0.1) is 17.1 Å². The second kappa shape index (κ2) is 7.05. The van der Waals surface area contributed by atoms with Crippen LogP contribution in [0, 0.1) is 12.7 Å². The third kappa shape index (κ3) is 2.99. The molecule has 8 heteroatoms. The molecule has 3 aromatic rings. The molecule has 0 saturated heterocycles. The molecule has 29 heavy (non-hydrogen) atoms. The summed E-state index contributed by atoms with van der Waals surface area (Å²) in [7, 11) is 0. The molecule has 1 fully saturated rings. The molecule has 3 heterocycles. The second-order valence-electron chi connectivity index (χ2n) is 7.80. The van der Waals surface area contributed by atoms with Crippen LogP contribution in [0.15, 0.2) is 30.7 Å². The van der Waals surface area contributed by atoms with E-state index >= 15 is 0 Å². The smallest absolute Gasteiger partial charge is 0.152 e. The van der Waals surface area contributed by atoms with Crippen molar-refractivity contribution in [2.45, 2.75) is 50.7 Å². The zero-order valence-corrected chi connectivity index (χ0v) is 16.0. The number of aromatic nitrogens is 3. The summed E-state index contributed by atoms with van der Waals surface area (Å²) in [4.78, 5) is 8.25. The largest absolute Gasteiger partial charge is 0.487 e. The first-order chi connectivity index (χ1) is 14.0. The van der Waals surface area contributed by atoms with Crippen LogP contribution in [0.1, 0.15) is 29.3 Å². The van der Waals surface area contributed by atoms with Gasteiger partial charge in [-0.2, -0.15) is 0 Å². The van der Waals surface area contributed by atoms with E-state index < -0.39 is 30.2 Å². The van der Waals surface area contributed by atoms with E-state index in [1.165, 1.54) is 18.1 Å². The van der Waals surface area contributed by atoms with Crippen molar-refractivity contribution < 1.29 is 19.3 Å². The Labute approximate surface area is 167 Å². The summed E-state index contributed by atoms with van der Waals surface area (Å²) in [5.41, 5.74) is 3.27. The van der Waals surface area contributed by atoms with E-state index in [-0.39, 0.29) is 0 Å². The average Bonchev–Trinajstić information content (AvgIpc) is 3.20. The van der Waals surface area contributed by atoms with Gasteiger partial charge in [0.25, 0.3) is 0 Å². The molecule has 0 amide bonds. The fourth-order valence-corrected chi connectivity index (χ4v) is 4.55. The molecule has 2 aliphatic rings. The van der Waals surface area contributed by atoms with Crippen LogP contribution in [0.4, 0.5) is 4.39 Å². The van der Waals surface area contributed by atoms with Gasteiger partial charge in [-0.15, -0.1) is 0 Å². The van der Waals surface area contributed by atoms with Gasteiger partial charge in [0.1, 0.15) is 36.0 Å². The Kier molecular flexibility index (Phi) is 4.49. The van der Waals surface area contributed by atoms with Crippen LogP contribution in [0.25, 0.3) is 11.0 Å². The summed E-state index contributed by atoms with van der Waals surface area (Å²) in [5.74, 6) is 0.278. The van der Waals surface area contributed by atoms with Crippen LogP contribution >= 0.6 is 0 Å². The molecule has 3 N–H and O–H groups in total. The molecule has 0 bridgehead atoms. The molecule has 1 aliphatic carbocycles. The Morgan fingerprint density at radius 1 is 1.24 bits per heavy atom. The fraction of sp³-hybridized carbons (Fsp3) is 0.429. The van der Waals surface area contributed by atoms with E-state index in [1.807, 2.05) is 12.1 Å². The number of aryl methyl sites for hydroxylation is 1. The number of aliphatic hydroxyl groups is 2. The quantitative estimate of drug-likeness (QED) is 0.621. The molecule has 0 spiro atoms. The molecule has 7 nitrogen and oxygen atoms in total. The van der Waals surface area contributed by atoms with E-state index in [1.54, 1.807) is 11.5 Å². The lowest BCUT2D eigenvalue weighted by molar-refractivity contribution is -0.0166. The van der Waals surface area contributed by atoms with Crippen molar-refractivity contribution in [3.05, 3.63) is 53.4 Å². The number of hydrogen-bond acceptors (Lipinski definition) is 6. The van der Waals surface area contributed by atoms with Crippen LogP contribution in [0.2, 0.25) is 0 Å². The number of rotatable bonds is 3. The minimum Gasteiger partial charge on any atom is -0.487 e. The van der Waals surface area contributed by atoms with Crippen LogP contribution < -0.4 is 10.1 Å². The summed E-state index contributed by atoms with van der Waals surface area (Å²) >= 11 is 0. The lowest BCUT2D eigenvalue weighted by atomic mass is 10.0. The maximum absolute atomic E-state index is 14.5. The van der Waals surface area contributed by atoms with Crippen molar-refractivity contribution in [1.29, 1.82) is 0 Å². The molecule has 0 radical (unpaired) electrons. The average molecular weight is 398 g/mol. The van der Waals surface area contributed by atoms with E-state index in [2.05, 4.69) is 21.4 Å². The number of benzene rings is 1. The second-order valence-corrected chi connectivity index (χ2v) is 7.80. The number of aliphatic hydroxyl groups excluding tert-OH is 2. The Bertz CT molecular complexity index is 1070. The molecule has 5 rings (SSSR count). The predicted molar refractivity (Wildman–Crippen MR) is 104 cm³/mol. The zero-order valence-electron chi connectivity index (χ0n) is 16.0. The Balaban J connectivity index is 1.46. The summed E-state index contributed by atoms with van der Waals surface area (Å²) in [5, 5.41) is 25.0. The number of hydrogen-bond donors (Lipinski definition) is 3. The SMILES string of the molecule is Cc1ncnc2c1c(F)cn2[C@@H]1C[C@H](Oc2cccc3c2CNCC3)[C@@H](O)[C@H]1O. The van der Waals surface area contributed by atoms with Crippen molar-refractivity contribution in [2.75, 3.05) is 6.54 Å². The van der Waals surface area contributed by atoms with Crippen molar-refractivity contribution >= 4 is 11.0 Å². The number of halogens is 1. The van der Waals surface area contributed by atoms with Gasteiger partial charge < -0.3 is 24.8 Å². The first kappa shape index (κ1) is 18.5. The minimum absolute atomic E-state index is 0.335. The van der Waals surface area contributed by atoms with Gasteiger partial charge in [0.2, 0.25) is 0 Å². The molecule has 1 saturated carbocycles. The van der Waals surface area contributed by atoms with Gasteiger partial charge in [0.15, 0.2) is 5.82 Å². The van der Waals surface area contributed by atoms with Gasteiger partial charge in [-0.05, 0) is 31.5 Å². The van der Waals surface area contributed by atoms with Gasteiger partial charge in [-0.3, -0.25) is 0 Å². The Morgan fingerprint density at radius 3 is 2.97 bits per heavy atom. The van der Waals surface area contributed by atoms with Gasteiger partial charge in [-0.25, -0.2) is 14.4 Å². The first-order valence-corrected chi connectivity index (χ1v) is 9.86. The van der Waals surface area contributed by atoms with Crippen LogP contribution in [-0.4, -0.2) is 49.6 Å². The molecule has 152 valence electrons. The van der Waals surface area contributed by atoms with Crippen LogP contribution in [-0.2, 0) is 13.0 Å². The molecule has 0 unspecified atom stereocenters. The third-order valence-corrected chi connectivity index (χ3v) is 6.09. The lowest BCUT2D eigenvalue weighted by Gasteiger charge is -2.24. The highest BCUT2D eigenvalue weighted by atomic mass is 19.1. The molecule has 1 aliphatic heterocycles. The van der Waals surface area contributed by atoms with E-state index in [4.69, 9.17) is 4.74 Å². The highest BCUT2D eigenvalue weighted by molar-refractivity contribution is 5.79. The summed E-state index contributed by atoms with van der Waals surface area (Å²) in [6, 6.07) is 5.37. The molecule has 4 atom stereocenters. The number of nitrogens with zero attached hydrogens (tertiary/aromatic N) is 3. The standard InChI is InChI=1S/C21H23FN4O3/c1-11-18-14(22)9-26(21(18)25-10-24-11)15-7-17(20(28)19(15)27)29-16-4-2-3-12-5-6-23-8-13(12)16/h2-4,9-10,15,17,19-20,23,27-28H,5-8H2,1H3/t15-,17+,19+,20-/m1/s1. The van der Waals surface area contributed by atoms with Gasteiger partial charge in [0, 0.05) is 24.7 Å². The van der Waals surface area contributed by atoms with Gasteiger partial charge in [-0.1, -0.05) is 12.1 Å². The summed E-state index contributed by atoms with van der Waals surface area (Å²) in [6.45, 7) is 3.36. The van der Waals surface area contributed by atoms with Crippen molar-refractivity contribution in [3.63, 3.8) is 0 Å². The first-order valence-electron chi connectivity index (χ1n) is 9.86. The topological polar surface area (TPSA) is 92.4 Å². The number of fused-ring (bicyclic) bond motifs is 2.